The van der Waals surface area contributed by atoms with Crippen LogP contribution in [0.1, 0.15) is 25.5 Å². The molecule has 0 amide bonds. The van der Waals surface area contributed by atoms with Crippen LogP contribution in [0, 0.1) is 29.3 Å². The molecule has 3 N–H and O–H groups in total. The van der Waals surface area contributed by atoms with Gasteiger partial charge in [0.25, 0.3) is 0 Å². The molecular weight excluding hydrogens is 231 g/mol. The smallest absolute Gasteiger partial charge is 0.194 e. The predicted octanol–water partition coefficient (Wildman–Crippen LogP) is 2.37. The zero-order chi connectivity index (χ0) is 13.2. The fourth-order valence-corrected chi connectivity index (χ4v) is 1.77. The zero-order valence-electron chi connectivity index (χ0n) is 9.75. The van der Waals surface area contributed by atoms with Gasteiger partial charge in [-0.1, -0.05) is 19.9 Å². The first-order chi connectivity index (χ1) is 7.90. The quantitative estimate of drug-likeness (QED) is 0.802. The van der Waals surface area contributed by atoms with Gasteiger partial charge in [-0.3, -0.25) is 0 Å². The highest BCUT2D eigenvalue weighted by Crippen LogP contribution is 2.30. The van der Waals surface area contributed by atoms with E-state index in [9.17, 15) is 18.3 Å². The van der Waals surface area contributed by atoms with Crippen LogP contribution in [0.3, 0.4) is 0 Å². The summed E-state index contributed by atoms with van der Waals surface area (Å²) in [4.78, 5) is 0. The van der Waals surface area contributed by atoms with Crippen molar-refractivity contribution in [3.05, 3.63) is 35.1 Å². The Hall–Kier alpha value is -1.07. The second-order valence-electron chi connectivity index (χ2n) is 4.35. The van der Waals surface area contributed by atoms with Crippen LogP contribution >= 0.6 is 0 Å². The first kappa shape index (κ1) is 14.0. The lowest BCUT2D eigenvalue weighted by molar-refractivity contribution is 0.0819. The van der Waals surface area contributed by atoms with Crippen LogP contribution in [0.2, 0.25) is 0 Å². The highest BCUT2D eigenvalue weighted by molar-refractivity contribution is 5.23. The molecule has 2 nitrogen and oxygen atoms in total. The van der Waals surface area contributed by atoms with E-state index in [-0.39, 0.29) is 18.0 Å². The SMILES string of the molecule is CC(C)C(CN)C(O)c1ccc(F)c(F)c1F. The summed E-state index contributed by atoms with van der Waals surface area (Å²) >= 11 is 0. The normalized spacial score (nSPS) is 15.1. The van der Waals surface area contributed by atoms with Crippen molar-refractivity contribution in [2.24, 2.45) is 17.6 Å². The van der Waals surface area contributed by atoms with Crippen molar-refractivity contribution in [2.75, 3.05) is 6.54 Å². The van der Waals surface area contributed by atoms with Crippen LogP contribution in [0.15, 0.2) is 12.1 Å². The Morgan fingerprint density at radius 1 is 1.18 bits per heavy atom. The number of benzene rings is 1. The van der Waals surface area contributed by atoms with Gasteiger partial charge in [0.15, 0.2) is 17.5 Å². The molecule has 0 aliphatic heterocycles. The Bertz CT molecular complexity index is 396. The van der Waals surface area contributed by atoms with Crippen molar-refractivity contribution >= 4 is 0 Å². The van der Waals surface area contributed by atoms with Crippen LogP contribution in [-0.2, 0) is 0 Å². The molecule has 1 aromatic carbocycles. The van der Waals surface area contributed by atoms with Crippen LogP contribution in [0.5, 0.6) is 0 Å². The third kappa shape index (κ3) is 2.79. The van der Waals surface area contributed by atoms with Crippen LogP contribution in [0.4, 0.5) is 13.2 Å². The number of aliphatic hydroxyl groups excluding tert-OH is 1. The van der Waals surface area contributed by atoms with Gasteiger partial charge >= 0.3 is 0 Å². The summed E-state index contributed by atoms with van der Waals surface area (Å²) < 4.78 is 39.2. The van der Waals surface area contributed by atoms with Gasteiger partial charge in [0.05, 0.1) is 6.10 Å². The maximum Gasteiger partial charge on any atom is 0.194 e. The molecule has 1 aromatic rings. The van der Waals surface area contributed by atoms with Crippen molar-refractivity contribution in [1.82, 2.24) is 0 Å². The zero-order valence-corrected chi connectivity index (χ0v) is 9.75. The average Bonchev–Trinajstić information content (AvgIpc) is 2.26. The minimum Gasteiger partial charge on any atom is -0.388 e. The molecule has 96 valence electrons. The number of rotatable bonds is 4. The Labute approximate surface area is 98.3 Å². The van der Waals surface area contributed by atoms with Gasteiger partial charge in [-0.05, 0) is 18.5 Å². The van der Waals surface area contributed by atoms with Crippen LogP contribution < -0.4 is 5.73 Å². The van der Waals surface area contributed by atoms with E-state index in [1.54, 1.807) is 0 Å². The van der Waals surface area contributed by atoms with E-state index in [0.717, 1.165) is 12.1 Å². The molecule has 0 radical (unpaired) electrons. The minimum atomic E-state index is -1.57. The Balaban J connectivity index is 3.12. The molecule has 0 bridgehead atoms. The maximum absolute atomic E-state index is 13.5. The third-order valence-corrected chi connectivity index (χ3v) is 2.92. The van der Waals surface area contributed by atoms with Crippen LogP contribution in [0.25, 0.3) is 0 Å². The number of hydrogen-bond donors (Lipinski definition) is 2. The van der Waals surface area contributed by atoms with E-state index in [1.807, 2.05) is 13.8 Å². The summed E-state index contributed by atoms with van der Waals surface area (Å²) in [5.74, 6) is -4.60. The van der Waals surface area contributed by atoms with E-state index in [1.165, 1.54) is 0 Å². The summed E-state index contributed by atoms with van der Waals surface area (Å²) in [6.45, 7) is 3.77. The van der Waals surface area contributed by atoms with E-state index in [0.29, 0.717) is 0 Å². The number of aliphatic hydroxyl groups is 1. The lowest BCUT2D eigenvalue weighted by Gasteiger charge is -2.25. The maximum atomic E-state index is 13.5. The molecular formula is C12H16F3NO. The van der Waals surface area contributed by atoms with Crippen molar-refractivity contribution in [1.29, 1.82) is 0 Å². The van der Waals surface area contributed by atoms with E-state index in [4.69, 9.17) is 5.73 Å². The molecule has 0 spiro atoms. The van der Waals surface area contributed by atoms with E-state index >= 15 is 0 Å². The van der Waals surface area contributed by atoms with Gasteiger partial charge in [-0.15, -0.1) is 0 Å². The molecule has 0 aromatic heterocycles. The highest BCUT2D eigenvalue weighted by Gasteiger charge is 2.27. The summed E-state index contributed by atoms with van der Waals surface area (Å²) in [7, 11) is 0. The molecule has 1 rings (SSSR count). The average molecular weight is 247 g/mol. The second-order valence-corrected chi connectivity index (χ2v) is 4.35. The first-order valence-corrected chi connectivity index (χ1v) is 5.41. The number of nitrogens with two attached hydrogens (primary N) is 1. The van der Waals surface area contributed by atoms with Gasteiger partial charge in [-0.2, -0.15) is 0 Å². The van der Waals surface area contributed by atoms with Crippen molar-refractivity contribution in [2.45, 2.75) is 20.0 Å². The highest BCUT2D eigenvalue weighted by atomic mass is 19.2. The molecule has 0 aliphatic rings. The monoisotopic (exact) mass is 247 g/mol. The molecule has 0 saturated heterocycles. The van der Waals surface area contributed by atoms with Gasteiger partial charge in [0.2, 0.25) is 0 Å². The summed E-state index contributed by atoms with van der Waals surface area (Å²) in [6.07, 6.45) is -1.24. The predicted molar refractivity (Wildman–Crippen MR) is 58.7 cm³/mol. The lowest BCUT2D eigenvalue weighted by Crippen LogP contribution is -2.27. The van der Waals surface area contributed by atoms with Crippen LogP contribution in [-0.4, -0.2) is 11.7 Å². The molecule has 0 heterocycles. The third-order valence-electron chi connectivity index (χ3n) is 2.92. The largest absolute Gasteiger partial charge is 0.388 e. The van der Waals surface area contributed by atoms with Crippen molar-refractivity contribution in [3.8, 4) is 0 Å². The second kappa shape index (κ2) is 5.51. The Morgan fingerprint density at radius 3 is 2.24 bits per heavy atom. The van der Waals surface area contributed by atoms with Crippen molar-refractivity contribution < 1.29 is 18.3 Å². The van der Waals surface area contributed by atoms with Gasteiger partial charge in [0.1, 0.15) is 0 Å². The van der Waals surface area contributed by atoms with Crippen molar-refractivity contribution in [3.63, 3.8) is 0 Å². The Morgan fingerprint density at radius 2 is 1.76 bits per heavy atom. The minimum absolute atomic E-state index is 0.00233. The van der Waals surface area contributed by atoms with Gasteiger partial charge in [0, 0.05) is 11.5 Å². The molecule has 5 heteroatoms. The molecule has 0 saturated carbocycles. The van der Waals surface area contributed by atoms with Gasteiger partial charge < -0.3 is 10.8 Å². The fourth-order valence-electron chi connectivity index (χ4n) is 1.77. The molecule has 0 fully saturated rings. The first-order valence-electron chi connectivity index (χ1n) is 5.41. The topological polar surface area (TPSA) is 46.2 Å². The standard InChI is InChI=1S/C12H16F3NO/c1-6(2)8(5-16)12(17)7-3-4-9(13)11(15)10(7)14/h3-4,6,8,12,17H,5,16H2,1-2H3. The number of hydrogen-bond acceptors (Lipinski definition) is 2. The lowest BCUT2D eigenvalue weighted by atomic mass is 9.86. The Kier molecular flexibility index (Phi) is 4.54. The number of halogens is 3. The fraction of sp³-hybridized carbons (Fsp3) is 0.500. The summed E-state index contributed by atoms with van der Waals surface area (Å²) in [5, 5.41) is 9.94. The summed E-state index contributed by atoms with van der Waals surface area (Å²) in [6, 6.07) is 1.84. The van der Waals surface area contributed by atoms with E-state index in [2.05, 4.69) is 0 Å². The molecule has 0 aliphatic carbocycles. The molecule has 2 atom stereocenters. The van der Waals surface area contributed by atoms with E-state index < -0.39 is 29.5 Å². The van der Waals surface area contributed by atoms with Gasteiger partial charge in [-0.25, -0.2) is 13.2 Å². The summed E-state index contributed by atoms with van der Waals surface area (Å²) in [5.41, 5.74) is 5.22. The molecule has 17 heavy (non-hydrogen) atoms. The molecule has 2 unspecified atom stereocenters.